The lowest BCUT2D eigenvalue weighted by molar-refractivity contribution is -0.159. The first-order valence-electron chi connectivity index (χ1n) is 4.31. The SMILES string of the molecule is CC1(C(=O)O)CN(Cc2ncno2)C1. The molecule has 6 heteroatoms. The van der Waals surface area contributed by atoms with E-state index in [0.29, 0.717) is 25.5 Å². The Labute approximate surface area is 80.5 Å². The lowest BCUT2D eigenvalue weighted by Gasteiger charge is -2.44. The monoisotopic (exact) mass is 197 g/mol. The van der Waals surface area contributed by atoms with Crippen LogP contribution >= 0.6 is 0 Å². The van der Waals surface area contributed by atoms with E-state index in [1.807, 2.05) is 4.90 Å². The van der Waals surface area contributed by atoms with Crippen LogP contribution < -0.4 is 0 Å². The van der Waals surface area contributed by atoms with Gasteiger partial charge in [0.05, 0.1) is 12.0 Å². The summed E-state index contributed by atoms with van der Waals surface area (Å²) in [4.78, 5) is 16.6. The fraction of sp³-hybridized carbons (Fsp3) is 0.625. The van der Waals surface area contributed by atoms with Gasteiger partial charge in [-0.2, -0.15) is 4.98 Å². The Balaban J connectivity index is 1.87. The molecule has 1 saturated heterocycles. The molecule has 0 radical (unpaired) electrons. The molecule has 0 saturated carbocycles. The van der Waals surface area contributed by atoms with Crippen molar-refractivity contribution in [2.45, 2.75) is 13.5 Å². The van der Waals surface area contributed by atoms with Gasteiger partial charge in [0.15, 0.2) is 6.33 Å². The molecule has 0 aromatic carbocycles. The summed E-state index contributed by atoms with van der Waals surface area (Å²) < 4.78 is 4.82. The van der Waals surface area contributed by atoms with Crippen LogP contribution in [-0.2, 0) is 11.3 Å². The summed E-state index contributed by atoms with van der Waals surface area (Å²) in [6.45, 7) is 3.33. The minimum Gasteiger partial charge on any atom is -0.481 e. The van der Waals surface area contributed by atoms with Gasteiger partial charge in [-0.15, -0.1) is 0 Å². The minimum atomic E-state index is -0.751. The highest BCUT2D eigenvalue weighted by molar-refractivity contribution is 5.76. The molecule has 0 aliphatic carbocycles. The van der Waals surface area contributed by atoms with Crippen LogP contribution in [0.15, 0.2) is 10.9 Å². The van der Waals surface area contributed by atoms with Crippen LogP contribution in [-0.4, -0.2) is 39.2 Å². The van der Waals surface area contributed by atoms with Gasteiger partial charge in [0, 0.05) is 13.1 Å². The molecule has 0 unspecified atom stereocenters. The van der Waals surface area contributed by atoms with Crippen molar-refractivity contribution < 1.29 is 14.4 Å². The fourth-order valence-corrected chi connectivity index (χ4v) is 1.64. The average molecular weight is 197 g/mol. The van der Waals surface area contributed by atoms with E-state index in [2.05, 4.69) is 10.1 Å². The van der Waals surface area contributed by atoms with Gasteiger partial charge in [-0.3, -0.25) is 9.69 Å². The van der Waals surface area contributed by atoms with E-state index in [1.165, 1.54) is 6.33 Å². The highest BCUT2D eigenvalue weighted by Gasteiger charge is 2.45. The quantitative estimate of drug-likeness (QED) is 0.733. The van der Waals surface area contributed by atoms with Crippen LogP contribution in [0.1, 0.15) is 12.8 Å². The molecule has 1 aliphatic rings. The molecule has 0 spiro atoms. The highest BCUT2D eigenvalue weighted by Crippen LogP contribution is 2.30. The summed E-state index contributed by atoms with van der Waals surface area (Å²) in [6.07, 6.45) is 1.34. The molecule has 1 aromatic rings. The summed E-state index contributed by atoms with van der Waals surface area (Å²) in [6, 6.07) is 0. The van der Waals surface area contributed by atoms with Crippen molar-refractivity contribution in [1.82, 2.24) is 15.0 Å². The number of carboxylic acids is 1. The van der Waals surface area contributed by atoms with E-state index < -0.39 is 11.4 Å². The predicted molar refractivity (Wildman–Crippen MR) is 45.3 cm³/mol. The summed E-state index contributed by atoms with van der Waals surface area (Å²) in [7, 11) is 0. The third-order valence-corrected chi connectivity index (χ3v) is 2.43. The number of aliphatic carboxylic acids is 1. The molecule has 2 rings (SSSR count). The van der Waals surface area contributed by atoms with E-state index in [0.717, 1.165) is 0 Å². The van der Waals surface area contributed by atoms with Crippen molar-refractivity contribution in [1.29, 1.82) is 0 Å². The Morgan fingerprint density at radius 2 is 2.50 bits per heavy atom. The molecule has 2 heterocycles. The number of likely N-dealkylation sites (tertiary alicyclic amines) is 1. The van der Waals surface area contributed by atoms with Gasteiger partial charge in [-0.05, 0) is 6.92 Å². The summed E-state index contributed by atoms with van der Waals surface area (Å²) in [5.74, 6) is -0.225. The fourth-order valence-electron chi connectivity index (χ4n) is 1.64. The van der Waals surface area contributed by atoms with E-state index in [1.54, 1.807) is 6.92 Å². The second-order valence-electron chi connectivity index (χ2n) is 3.85. The lowest BCUT2D eigenvalue weighted by atomic mass is 9.82. The molecule has 76 valence electrons. The second-order valence-corrected chi connectivity index (χ2v) is 3.85. The van der Waals surface area contributed by atoms with Crippen LogP contribution in [0.25, 0.3) is 0 Å². The summed E-state index contributed by atoms with van der Waals surface area (Å²) in [5, 5.41) is 12.3. The maximum Gasteiger partial charge on any atom is 0.311 e. The molecule has 1 fully saturated rings. The Morgan fingerprint density at radius 3 is 3.00 bits per heavy atom. The normalized spacial score (nSPS) is 20.4. The van der Waals surface area contributed by atoms with Crippen molar-refractivity contribution in [3.63, 3.8) is 0 Å². The standard InChI is InChI=1S/C8H11N3O3/c1-8(7(12)13)3-11(4-8)2-6-9-5-10-14-6/h5H,2-4H2,1H3,(H,12,13). The topological polar surface area (TPSA) is 79.5 Å². The second kappa shape index (κ2) is 3.06. The number of carbonyl (C=O) groups is 1. The largest absolute Gasteiger partial charge is 0.481 e. The first-order valence-corrected chi connectivity index (χ1v) is 4.31. The summed E-state index contributed by atoms with van der Waals surface area (Å²) in [5.41, 5.74) is -0.611. The summed E-state index contributed by atoms with van der Waals surface area (Å²) >= 11 is 0. The third-order valence-electron chi connectivity index (χ3n) is 2.43. The van der Waals surface area contributed by atoms with Gasteiger partial charge >= 0.3 is 5.97 Å². The molecule has 1 aromatic heterocycles. The van der Waals surface area contributed by atoms with Crippen molar-refractivity contribution in [3.05, 3.63) is 12.2 Å². The minimum absolute atomic E-state index is 0.525. The Hall–Kier alpha value is -1.43. The van der Waals surface area contributed by atoms with Crippen LogP contribution in [0.4, 0.5) is 0 Å². The maximum absolute atomic E-state index is 10.8. The molecule has 6 nitrogen and oxygen atoms in total. The van der Waals surface area contributed by atoms with Crippen LogP contribution in [0.2, 0.25) is 0 Å². The van der Waals surface area contributed by atoms with Crippen molar-refractivity contribution in [2.75, 3.05) is 13.1 Å². The lowest BCUT2D eigenvalue weighted by Crippen LogP contribution is -2.58. The zero-order valence-electron chi connectivity index (χ0n) is 7.80. The van der Waals surface area contributed by atoms with E-state index >= 15 is 0 Å². The first kappa shape index (κ1) is 9.14. The number of nitrogens with zero attached hydrogens (tertiary/aromatic N) is 3. The molecule has 0 atom stereocenters. The number of carboxylic acid groups (broad SMARTS) is 1. The molecule has 1 N–H and O–H groups in total. The molecular weight excluding hydrogens is 186 g/mol. The van der Waals surface area contributed by atoms with Crippen molar-refractivity contribution in [3.8, 4) is 0 Å². The van der Waals surface area contributed by atoms with Crippen LogP contribution in [0, 0.1) is 5.41 Å². The first-order chi connectivity index (χ1) is 6.60. The number of aromatic nitrogens is 2. The zero-order valence-corrected chi connectivity index (χ0v) is 7.80. The van der Waals surface area contributed by atoms with Gasteiger partial charge in [-0.1, -0.05) is 5.16 Å². The Bertz CT molecular complexity index is 330. The van der Waals surface area contributed by atoms with E-state index in [9.17, 15) is 4.79 Å². The molecular formula is C8H11N3O3. The molecule has 0 amide bonds. The van der Waals surface area contributed by atoms with E-state index in [4.69, 9.17) is 9.63 Å². The number of rotatable bonds is 3. The third kappa shape index (κ3) is 1.48. The Morgan fingerprint density at radius 1 is 1.79 bits per heavy atom. The molecule has 0 bridgehead atoms. The average Bonchev–Trinajstić information content (AvgIpc) is 2.53. The zero-order chi connectivity index (χ0) is 10.2. The van der Waals surface area contributed by atoms with Gasteiger partial charge in [0.2, 0.25) is 5.89 Å². The molecule has 14 heavy (non-hydrogen) atoms. The number of hydrogen-bond donors (Lipinski definition) is 1. The Kier molecular flexibility index (Phi) is 1.99. The van der Waals surface area contributed by atoms with Crippen molar-refractivity contribution >= 4 is 5.97 Å². The maximum atomic E-state index is 10.8. The van der Waals surface area contributed by atoms with Gasteiger partial charge in [-0.25, -0.2) is 0 Å². The predicted octanol–water partition coefficient (Wildman–Crippen LogP) is -0.0239. The van der Waals surface area contributed by atoms with Gasteiger partial charge in [0.1, 0.15) is 0 Å². The molecule has 1 aliphatic heterocycles. The smallest absolute Gasteiger partial charge is 0.311 e. The number of hydrogen-bond acceptors (Lipinski definition) is 5. The van der Waals surface area contributed by atoms with Crippen molar-refractivity contribution in [2.24, 2.45) is 5.41 Å². The van der Waals surface area contributed by atoms with Gasteiger partial charge < -0.3 is 9.63 Å². The van der Waals surface area contributed by atoms with Crippen LogP contribution in [0.3, 0.4) is 0 Å². The highest BCUT2D eigenvalue weighted by atomic mass is 16.5. The van der Waals surface area contributed by atoms with Crippen LogP contribution in [0.5, 0.6) is 0 Å². The van der Waals surface area contributed by atoms with E-state index in [-0.39, 0.29) is 0 Å². The van der Waals surface area contributed by atoms with Gasteiger partial charge in [0.25, 0.3) is 0 Å².